The molecule has 1 fully saturated rings. The minimum Gasteiger partial charge on any atom is -0.147 e. The molecule has 3 rings (SSSR count). The molecule has 1 saturated carbocycles. The van der Waals surface area contributed by atoms with E-state index in [4.69, 9.17) is 0 Å². The summed E-state index contributed by atoms with van der Waals surface area (Å²) in [5, 5.41) is 0. The first-order valence-electron chi connectivity index (χ1n) is 14.3. The van der Waals surface area contributed by atoms with Gasteiger partial charge in [0.25, 0.3) is 0 Å². The molecule has 0 spiro atoms. The number of hydrogen-bond acceptors (Lipinski definition) is 2. The molecule has 0 bridgehead atoms. The molecule has 0 saturated heterocycles. The molecule has 0 aromatic heterocycles. The van der Waals surface area contributed by atoms with Crippen LogP contribution in [0.3, 0.4) is 0 Å². The van der Waals surface area contributed by atoms with Crippen molar-refractivity contribution in [2.75, 3.05) is 19.0 Å². The first kappa shape index (κ1) is 34.2. The van der Waals surface area contributed by atoms with E-state index in [0.29, 0.717) is 12.0 Å². The van der Waals surface area contributed by atoms with Crippen LogP contribution in [0.1, 0.15) is 98.3 Å². The number of hydrogen-bond donors (Lipinski definition) is 1. The number of halogens is 2. The van der Waals surface area contributed by atoms with Crippen LogP contribution in [-0.2, 0) is 19.7 Å². The molecule has 6 heteroatoms. The van der Waals surface area contributed by atoms with Crippen molar-refractivity contribution < 1.29 is 19.7 Å². The van der Waals surface area contributed by atoms with Gasteiger partial charge in [-0.2, -0.15) is 0 Å². The van der Waals surface area contributed by atoms with Gasteiger partial charge in [-0.1, -0.05) is 0 Å². The van der Waals surface area contributed by atoms with Crippen LogP contribution in [0.2, 0.25) is 6.55 Å². The molecule has 0 heterocycles. The van der Waals surface area contributed by atoms with Gasteiger partial charge in [0.1, 0.15) is 0 Å². The summed E-state index contributed by atoms with van der Waals surface area (Å²) in [6.45, 7) is 12.1. The Bertz CT molecular complexity index is 873. The molecule has 2 aliphatic rings. The van der Waals surface area contributed by atoms with Crippen molar-refractivity contribution in [1.82, 2.24) is 3.26 Å². The van der Waals surface area contributed by atoms with Crippen LogP contribution in [-0.4, -0.2) is 26.8 Å². The van der Waals surface area contributed by atoms with Gasteiger partial charge in [-0.15, -0.1) is 24.8 Å². The first-order valence-corrected chi connectivity index (χ1v) is 25.3. The summed E-state index contributed by atoms with van der Waals surface area (Å²) < 4.78 is 8.30. The smallest absolute Gasteiger partial charge is 0.147 e. The predicted molar refractivity (Wildman–Crippen MR) is 167 cm³/mol. The average Bonchev–Trinajstić information content (AvgIpc) is 3.02. The van der Waals surface area contributed by atoms with Crippen molar-refractivity contribution in [1.29, 1.82) is 0 Å². The molecule has 1 N–H and O–H groups in total. The fraction of sp³-hybridized carbons (Fsp3) is 0.667. The first-order chi connectivity index (χ1) is 16.3. The van der Waals surface area contributed by atoms with Crippen molar-refractivity contribution in [3.8, 4) is 0 Å². The summed E-state index contributed by atoms with van der Waals surface area (Å²) in [7, 11) is 4.49. The third kappa shape index (κ3) is 7.84. The second-order valence-electron chi connectivity index (χ2n) is 11.3. The number of nitrogens with one attached hydrogen (secondary N) is 1. The Morgan fingerprint density at radius 3 is 1.75 bits per heavy atom. The molecular weight excluding hydrogens is 579 g/mol. The van der Waals surface area contributed by atoms with Gasteiger partial charge in [0, 0.05) is 0 Å². The zero-order valence-corrected chi connectivity index (χ0v) is 29.7. The minimum atomic E-state index is -3.06. The maximum atomic E-state index is 4.69. The van der Waals surface area contributed by atoms with Gasteiger partial charge in [-0.25, -0.2) is 0 Å². The summed E-state index contributed by atoms with van der Waals surface area (Å²) in [6.07, 6.45) is 15.7. The third-order valence-electron chi connectivity index (χ3n) is 9.03. The molecule has 2 unspecified atom stereocenters. The Labute approximate surface area is 241 Å². The Kier molecular flexibility index (Phi) is 15.5. The topological polar surface area (TPSA) is 15.3 Å². The Morgan fingerprint density at radius 2 is 1.31 bits per heavy atom. The largest absolute Gasteiger partial charge is 0.147 e. The molecule has 2 aliphatic carbocycles. The van der Waals surface area contributed by atoms with E-state index in [1.807, 2.05) is 3.28 Å². The van der Waals surface area contributed by atoms with E-state index in [1.54, 1.807) is 20.0 Å². The van der Waals surface area contributed by atoms with E-state index < -0.39 is 19.7 Å². The monoisotopic (exact) mass is 630 g/mol. The fourth-order valence-corrected chi connectivity index (χ4v) is 32.7. The number of para-hydroxylation sites is 1. The molecule has 0 aliphatic heterocycles. The average molecular weight is 633 g/mol. The zero-order chi connectivity index (χ0) is 24.7. The van der Waals surface area contributed by atoms with Gasteiger partial charge in [-0.05, 0) is 0 Å². The number of allylic oxidation sites excluding steroid dienone is 4. The summed E-state index contributed by atoms with van der Waals surface area (Å²) in [4.78, 5) is 2.39. The van der Waals surface area contributed by atoms with Gasteiger partial charge < -0.3 is 0 Å². The zero-order valence-electron chi connectivity index (χ0n) is 24.2. The van der Waals surface area contributed by atoms with E-state index in [1.165, 1.54) is 76.3 Å². The van der Waals surface area contributed by atoms with Crippen molar-refractivity contribution in [2.24, 2.45) is 5.92 Å². The van der Waals surface area contributed by atoms with E-state index in [0.717, 1.165) is 0 Å². The van der Waals surface area contributed by atoms with Gasteiger partial charge in [0.2, 0.25) is 0 Å². The number of anilines is 1. The normalized spacial score (nSPS) is 22.5. The van der Waals surface area contributed by atoms with Gasteiger partial charge >= 0.3 is 219 Å². The Balaban J connectivity index is 0.00000324. The summed E-state index contributed by atoms with van der Waals surface area (Å²) >= 11 is -3.06. The van der Waals surface area contributed by atoms with Crippen LogP contribution in [0.5, 0.6) is 0 Å². The van der Waals surface area contributed by atoms with Crippen LogP contribution < -0.4 is 11.4 Å². The van der Waals surface area contributed by atoms with Crippen LogP contribution in [0.15, 0.2) is 44.3 Å². The summed E-state index contributed by atoms with van der Waals surface area (Å²) in [5.74, 6) is 0.609. The van der Waals surface area contributed by atoms with Crippen LogP contribution in [0, 0.1) is 5.92 Å². The van der Waals surface area contributed by atoms with Crippen molar-refractivity contribution >= 4 is 40.4 Å². The van der Waals surface area contributed by atoms with Crippen LogP contribution in [0.4, 0.5) is 5.69 Å². The maximum Gasteiger partial charge on any atom is -0.147 e. The number of nitrogens with zero attached hydrogens (tertiary/aromatic N) is 1. The molecular formula is C30H54Cl2N2SiZr. The van der Waals surface area contributed by atoms with Gasteiger partial charge in [-0.3, -0.25) is 0 Å². The Hall–Kier alpha value is 0.140. The molecule has 206 valence electrons. The standard InChI is InChI=1S/C12H24N.C9H13.C8H10N.CH5Si.2ClH.Zr/c13-12-10-8-6-4-2-1-3-5-7-9-11-12;1-6-5-7(2)9(4)8(6)3;1-9(2)8-6-4-3-5-7-8;1-2;;;/h12-13H,1-11H2;6H,1-4H3;3-6H,1-2H3;2H2,1H3;2*1H;/q-1;;;;;;+1. The predicted octanol–water partition coefficient (Wildman–Crippen LogP) is 7.95. The Morgan fingerprint density at radius 1 is 0.806 bits per heavy atom. The number of benzene rings is 1. The molecule has 2 nitrogen and oxygen atoms in total. The van der Waals surface area contributed by atoms with Gasteiger partial charge in [0.05, 0.1) is 0 Å². The molecule has 36 heavy (non-hydrogen) atoms. The summed E-state index contributed by atoms with van der Waals surface area (Å²) in [6, 6.07) is 10.2. The van der Waals surface area contributed by atoms with E-state index in [9.17, 15) is 0 Å². The minimum absolute atomic E-state index is 0. The molecule has 0 radical (unpaired) electrons. The third-order valence-corrected chi connectivity index (χ3v) is 33.4. The SMILES string of the molecule is C[SiH2][Zr]([NH]C1CCCCCCCCCCC1)([C]1=C(C)C(C)=C(C)C1C)[c]1ccccc1N(C)C.Cl.Cl. The second kappa shape index (κ2) is 16.3. The van der Waals surface area contributed by atoms with E-state index in [2.05, 4.69) is 80.8 Å². The van der Waals surface area contributed by atoms with E-state index in [-0.39, 0.29) is 31.5 Å². The molecule has 0 amide bonds. The van der Waals surface area contributed by atoms with Crippen molar-refractivity contribution in [2.45, 2.75) is 111 Å². The van der Waals surface area contributed by atoms with Crippen molar-refractivity contribution in [3.63, 3.8) is 0 Å². The summed E-state index contributed by atoms with van der Waals surface area (Å²) in [5.41, 5.74) is 6.32. The van der Waals surface area contributed by atoms with E-state index >= 15 is 0 Å². The number of rotatable bonds is 6. The van der Waals surface area contributed by atoms with Gasteiger partial charge in [0.15, 0.2) is 0 Å². The van der Waals surface area contributed by atoms with Crippen LogP contribution >= 0.6 is 24.8 Å². The second-order valence-corrected chi connectivity index (χ2v) is 31.3. The quantitative estimate of drug-likeness (QED) is 0.321. The molecule has 1 aromatic carbocycles. The maximum absolute atomic E-state index is 4.69. The fourth-order valence-electron chi connectivity index (χ4n) is 6.72. The molecule has 1 aromatic rings. The van der Waals surface area contributed by atoms with Crippen LogP contribution in [0.25, 0.3) is 0 Å². The van der Waals surface area contributed by atoms with Crippen molar-refractivity contribution in [3.05, 3.63) is 44.3 Å². The molecule has 2 atom stereocenters.